The molecule has 2 heterocycles. The smallest absolute Gasteiger partial charge is 0.317 e. The van der Waals surface area contributed by atoms with Crippen molar-refractivity contribution in [3.05, 3.63) is 35.4 Å². The molecule has 1 atom stereocenters. The second-order valence-electron chi connectivity index (χ2n) is 7.20. The molecule has 2 saturated heterocycles. The second kappa shape index (κ2) is 8.37. The molecule has 1 N–H and O–H groups in total. The Balaban J connectivity index is 1.53. The van der Waals surface area contributed by atoms with Crippen LogP contribution in [-0.2, 0) is 11.3 Å². The van der Waals surface area contributed by atoms with E-state index in [0.29, 0.717) is 13.0 Å². The van der Waals surface area contributed by atoms with Crippen LogP contribution in [0, 0.1) is 6.92 Å². The SMILES string of the molecule is Cc1ccccc1CNC(=O)N1CCCCC1CCN1CCCC1=O. The molecule has 1 aromatic carbocycles. The number of hydrogen-bond donors (Lipinski definition) is 1. The lowest BCUT2D eigenvalue weighted by molar-refractivity contribution is -0.127. The number of carbonyl (C=O) groups is 2. The molecule has 0 spiro atoms. The minimum Gasteiger partial charge on any atom is -0.343 e. The van der Waals surface area contributed by atoms with Crippen LogP contribution in [0.3, 0.4) is 0 Å². The van der Waals surface area contributed by atoms with Crippen LogP contribution in [0.1, 0.15) is 49.7 Å². The first-order valence-corrected chi connectivity index (χ1v) is 9.52. The number of nitrogens with zero attached hydrogens (tertiary/aromatic N) is 2. The third-order valence-electron chi connectivity index (χ3n) is 5.48. The van der Waals surface area contributed by atoms with Crippen LogP contribution in [0.5, 0.6) is 0 Å². The highest BCUT2D eigenvalue weighted by Crippen LogP contribution is 2.21. The van der Waals surface area contributed by atoms with E-state index in [1.165, 1.54) is 12.0 Å². The highest BCUT2D eigenvalue weighted by Gasteiger charge is 2.28. The molecule has 0 aliphatic carbocycles. The molecule has 2 aliphatic heterocycles. The number of aryl methyl sites for hydroxylation is 1. The van der Waals surface area contributed by atoms with Gasteiger partial charge in [0.05, 0.1) is 0 Å². The Morgan fingerprint density at radius 2 is 2.04 bits per heavy atom. The van der Waals surface area contributed by atoms with Crippen LogP contribution in [0.4, 0.5) is 4.79 Å². The monoisotopic (exact) mass is 343 g/mol. The van der Waals surface area contributed by atoms with E-state index in [-0.39, 0.29) is 18.0 Å². The second-order valence-corrected chi connectivity index (χ2v) is 7.20. The molecule has 0 aromatic heterocycles. The van der Waals surface area contributed by atoms with Crippen LogP contribution < -0.4 is 5.32 Å². The molecule has 0 bridgehead atoms. The number of piperidine rings is 1. The molecule has 3 rings (SSSR count). The van der Waals surface area contributed by atoms with Gasteiger partial charge in [-0.25, -0.2) is 4.79 Å². The van der Waals surface area contributed by atoms with Crippen LogP contribution in [0.2, 0.25) is 0 Å². The van der Waals surface area contributed by atoms with E-state index in [9.17, 15) is 9.59 Å². The highest BCUT2D eigenvalue weighted by molar-refractivity contribution is 5.78. The van der Waals surface area contributed by atoms with Gasteiger partial charge in [-0.2, -0.15) is 0 Å². The largest absolute Gasteiger partial charge is 0.343 e. The minimum absolute atomic E-state index is 0.0284. The average molecular weight is 343 g/mol. The molecule has 5 nitrogen and oxygen atoms in total. The molecule has 2 fully saturated rings. The zero-order valence-corrected chi connectivity index (χ0v) is 15.2. The number of rotatable bonds is 5. The molecular weight excluding hydrogens is 314 g/mol. The van der Waals surface area contributed by atoms with Crippen molar-refractivity contribution >= 4 is 11.9 Å². The highest BCUT2D eigenvalue weighted by atomic mass is 16.2. The van der Waals surface area contributed by atoms with Gasteiger partial charge in [0, 0.05) is 38.6 Å². The number of urea groups is 1. The van der Waals surface area contributed by atoms with Gasteiger partial charge in [0.25, 0.3) is 0 Å². The predicted molar refractivity (Wildman–Crippen MR) is 98.2 cm³/mol. The quantitative estimate of drug-likeness (QED) is 0.893. The average Bonchev–Trinajstić information content (AvgIpc) is 3.04. The molecule has 1 aromatic rings. The maximum absolute atomic E-state index is 12.7. The van der Waals surface area contributed by atoms with Gasteiger partial charge < -0.3 is 15.1 Å². The lowest BCUT2D eigenvalue weighted by Crippen LogP contribution is -2.49. The van der Waals surface area contributed by atoms with E-state index < -0.39 is 0 Å². The molecule has 0 radical (unpaired) electrons. The van der Waals surface area contributed by atoms with E-state index in [1.807, 2.05) is 21.9 Å². The van der Waals surface area contributed by atoms with E-state index >= 15 is 0 Å². The van der Waals surface area contributed by atoms with Crippen LogP contribution in [-0.4, -0.2) is 47.4 Å². The Labute approximate surface area is 150 Å². The normalized spacial score (nSPS) is 20.8. The van der Waals surface area contributed by atoms with Gasteiger partial charge in [0.15, 0.2) is 0 Å². The molecule has 2 aliphatic rings. The molecule has 25 heavy (non-hydrogen) atoms. The van der Waals surface area contributed by atoms with Crippen LogP contribution in [0.25, 0.3) is 0 Å². The summed E-state index contributed by atoms with van der Waals surface area (Å²) in [7, 11) is 0. The Morgan fingerprint density at radius 1 is 1.20 bits per heavy atom. The van der Waals surface area contributed by atoms with Crippen LogP contribution in [0.15, 0.2) is 24.3 Å². The number of nitrogens with one attached hydrogen (secondary N) is 1. The fraction of sp³-hybridized carbons (Fsp3) is 0.600. The van der Waals surface area contributed by atoms with Crippen molar-refractivity contribution in [2.75, 3.05) is 19.6 Å². The van der Waals surface area contributed by atoms with Crippen molar-refractivity contribution in [3.63, 3.8) is 0 Å². The van der Waals surface area contributed by atoms with Crippen molar-refractivity contribution in [1.82, 2.24) is 15.1 Å². The molecule has 0 saturated carbocycles. The summed E-state index contributed by atoms with van der Waals surface area (Å²) >= 11 is 0. The Morgan fingerprint density at radius 3 is 2.80 bits per heavy atom. The minimum atomic E-state index is 0.0284. The molecule has 136 valence electrons. The summed E-state index contributed by atoms with van der Waals surface area (Å²) < 4.78 is 0. The van der Waals surface area contributed by atoms with Crippen molar-refractivity contribution < 1.29 is 9.59 Å². The summed E-state index contributed by atoms with van der Waals surface area (Å²) in [4.78, 5) is 28.4. The van der Waals surface area contributed by atoms with Gasteiger partial charge in [-0.1, -0.05) is 24.3 Å². The maximum Gasteiger partial charge on any atom is 0.317 e. The van der Waals surface area contributed by atoms with E-state index in [2.05, 4.69) is 24.4 Å². The standard InChI is InChI=1S/C20H29N3O2/c1-16-7-2-3-8-17(16)15-21-20(25)23-13-5-4-9-18(23)11-14-22-12-6-10-19(22)24/h2-3,7-8,18H,4-6,9-15H2,1H3,(H,21,25). The van der Waals surface area contributed by atoms with Gasteiger partial charge in [-0.05, 0) is 50.2 Å². The lowest BCUT2D eigenvalue weighted by Gasteiger charge is -2.36. The number of amides is 3. The molecular formula is C20H29N3O2. The Hall–Kier alpha value is -2.04. The summed E-state index contributed by atoms with van der Waals surface area (Å²) in [6.45, 7) is 5.12. The van der Waals surface area contributed by atoms with Crippen molar-refractivity contribution in [3.8, 4) is 0 Å². The maximum atomic E-state index is 12.7. The van der Waals surface area contributed by atoms with Gasteiger partial charge in [0.1, 0.15) is 0 Å². The van der Waals surface area contributed by atoms with Gasteiger partial charge in [-0.3, -0.25) is 4.79 Å². The Kier molecular flexibility index (Phi) is 5.95. The summed E-state index contributed by atoms with van der Waals surface area (Å²) in [5.41, 5.74) is 2.36. The summed E-state index contributed by atoms with van der Waals surface area (Å²) in [6.07, 6.45) is 5.83. The summed E-state index contributed by atoms with van der Waals surface area (Å²) in [6, 6.07) is 8.42. The molecule has 3 amide bonds. The molecule has 5 heteroatoms. The van der Waals surface area contributed by atoms with Crippen LogP contribution >= 0.6 is 0 Å². The number of hydrogen-bond acceptors (Lipinski definition) is 2. The fourth-order valence-electron chi connectivity index (χ4n) is 3.89. The lowest BCUT2D eigenvalue weighted by atomic mass is 9.99. The fourth-order valence-corrected chi connectivity index (χ4v) is 3.89. The Bertz CT molecular complexity index is 617. The van der Waals surface area contributed by atoms with E-state index in [0.717, 1.165) is 50.9 Å². The van der Waals surface area contributed by atoms with Gasteiger partial charge in [0.2, 0.25) is 5.91 Å². The predicted octanol–water partition coefficient (Wildman–Crippen LogP) is 3.07. The topological polar surface area (TPSA) is 52.7 Å². The third kappa shape index (κ3) is 4.53. The van der Waals surface area contributed by atoms with Gasteiger partial charge >= 0.3 is 6.03 Å². The molecule has 1 unspecified atom stereocenters. The zero-order valence-electron chi connectivity index (χ0n) is 15.2. The van der Waals surface area contributed by atoms with Crippen molar-refractivity contribution in [2.24, 2.45) is 0 Å². The first kappa shape index (κ1) is 17.8. The number of likely N-dealkylation sites (tertiary alicyclic amines) is 2. The summed E-state index contributed by atoms with van der Waals surface area (Å²) in [5, 5.41) is 3.08. The van der Waals surface area contributed by atoms with E-state index in [4.69, 9.17) is 0 Å². The number of carbonyl (C=O) groups excluding carboxylic acids is 2. The third-order valence-corrected chi connectivity index (χ3v) is 5.48. The van der Waals surface area contributed by atoms with Gasteiger partial charge in [-0.15, -0.1) is 0 Å². The first-order valence-electron chi connectivity index (χ1n) is 9.52. The number of benzene rings is 1. The zero-order chi connectivity index (χ0) is 17.6. The van der Waals surface area contributed by atoms with Crippen molar-refractivity contribution in [1.29, 1.82) is 0 Å². The summed E-state index contributed by atoms with van der Waals surface area (Å²) in [5.74, 6) is 0.270. The van der Waals surface area contributed by atoms with Crippen molar-refractivity contribution in [2.45, 2.75) is 58.0 Å². The first-order chi connectivity index (χ1) is 12.1. The van der Waals surface area contributed by atoms with E-state index in [1.54, 1.807) is 0 Å².